The lowest BCUT2D eigenvalue weighted by molar-refractivity contribution is 0.257. The summed E-state index contributed by atoms with van der Waals surface area (Å²) in [6.45, 7) is 5.69. The second-order valence-electron chi connectivity index (χ2n) is 4.34. The molecule has 0 amide bonds. The van der Waals surface area contributed by atoms with Crippen LogP contribution in [0.5, 0.6) is 11.5 Å². The SMILES string of the molecule is CCCCOc1ccc(CO)cc1OCCCC. The van der Waals surface area contributed by atoms with Crippen molar-refractivity contribution in [2.45, 2.75) is 46.1 Å². The first-order valence-electron chi connectivity index (χ1n) is 6.81. The first kappa shape index (κ1) is 14.8. The summed E-state index contributed by atoms with van der Waals surface area (Å²) in [6.07, 6.45) is 4.28. The lowest BCUT2D eigenvalue weighted by Crippen LogP contribution is -2.03. The van der Waals surface area contributed by atoms with Crippen molar-refractivity contribution in [1.82, 2.24) is 0 Å². The molecular formula is C15H24O3. The van der Waals surface area contributed by atoms with Crippen LogP contribution in [-0.2, 0) is 6.61 Å². The van der Waals surface area contributed by atoms with E-state index in [0.29, 0.717) is 13.2 Å². The van der Waals surface area contributed by atoms with Gasteiger partial charge < -0.3 is 14.6 Å². The highest BCUT2D eigenvalue weighted by Crippen LogP contribution is 2.29. The molecule has 1 aromatic rings. The third-order valence-electron chi connectivity index (χ3n) is 2.70. The van der Waals surface area contributed by atoms with Gasteiger partial charge in [0.1, 0.15) is 0 Å². The van der Waals surface area contributed by atoms with E-state index in [2.05, 4.69) is 13.8 Å². The maximum atomic E-state index is 9.14. The molecule has 0 bridgehead atoms. The average molecular weight is 252 g/mol. The summed E-state index contributed by atoms with van der Waals surface area (Å²) in [5.74, 6) is 1.52. The third kappa shape index (κ3) is 4.96. The molecule has 0 saturated heterocycles. The minimum atomic E-state index is 0.0272. The van der Waals surface area contributed by atoms with Crippen LogP contribution in [-0.4, -0.2) is 18.3 Å². The van der Waals surface area contributed by atoms with Gasteiger partial charge in [0.25, 0.3) is 0 Å². The highest BCUT2D eigenvalue weighted by Gasteiger charge is 2.06. The maximum Gasteiger partial charge on any atom is 0.161 e. The Balaban J connectivity index is 2.66. The quantitative estimate of drug-likeness (QED) is 0.683. The largest absolute Gasteiger partial charge is 0.490 e. The van der Waals surface area contributed by atoms with Crippen molar-refractivity contribution in [3.05, 3.63) is 23.8 Å². The Morgan fingerprint density at radius 2 is 1.56 bits per heavy atom. The van der Waals surface area contributed by atoms with E-state index < -0.39 is 0 Å². The molecule has 18 heavy (non-hydrogen) atoms. The number of ether oxygens (including phenoxy) is 2. The fourth-order valence-electron chi connectivity index (χ4n) is 1.54. The highest BCUT2D eigenvalue weighted by molar-refractivity contribution is 5.42. The van der Waals surface area contributed by atoms with Crippen LogP contribution < -0.4 is 9.47 Å². The van der Waals surface area contributed by atoms with Crippen LogP contribution in [0.15, 0.2) is 18.2 Å². The normalized spacial score (nSPS) is 10.4. The third-order valence-corrected chi connectivity index (χ3v) is 2.70. The molecule has 0 aliphatic rings. The molecule has 0 radical (unpaired) electrons. The summed E-state index contributed by atoms with van der Waals surface area (Å²) < 4.78 is 11.4. The molecule has 0 spiro atoms. The summed E-state index contributed by atoms with van der Waals surface area (Å²) >= 11 is 0. The molecular weight excluding hydrogens is 228 g/mol. The zero-order valence-corrected chi connectivity index (χ0v) is 11.4. The first-order chi connectivity index (χ1) is 8.81. The fraction of sp³-hybridized carbons (Fsp3) is 0.600. The smallest absolute Gasteiger partial charge is 0.161 e. The molecule has 0 atom stereocenters. The lowest BCUT2D eigenvalue weighted by atomic mass is 10.2. The zero-order chi connectivity index (χ0) is 13.2. The van der Waals surface area contributed by atoms with Gasteiger partial charge in [-0.05, 0) is 30.5 Å². The van der Waals surface area contributed by atoms with Gasteiger partial charge in [0.05, 0.1) is 19.8 Å². The number of rotatable bonds is 9. The number of aliphatic hydroxyl groups is 1. The van der Waals surface area contributed by atoms with Crippen LogP contribution in [0.25, 0.3) is 0 Å². The van der Waals surface area contributed by atoms with Crippen molar-refractivity contribution in [1.29, 1.82) is 0 Å². The second-order valence-corrected chi connectivity index (χ2v) is 4.34. The Morgan fingerprint density at radius 3 is 2.11 bits per heavy atom. The van der Waals surface area contributed by atoms with Gasteiger partial charge in [-0.1, -0.05) is 32.8 Å². The molecule has 0 aliphatic heterocycles. The molecule has 0 unspecified atom stereocenters. The molecule has 0 aliphatic carbocycles. The van der Waals surface area contributed by atoms with Gasteiger partial charge in [-0.25, -0.2) is 0 Å². The van der Waals surface area contributed by atoms with Crippen LogP contribution >= 0.6 is 0 Å². The monoisotopic (exact) mass is 252 g/mol. The second kappa shape index (κ2) is 8.81. The van der Waals surface area contributed by atoms with Gasteiger partial charge in [-0.15, -0.1) is 0 Å². The summed E-state index contributed by atoms with van der Waals surface area (Å²) in [5.41, 5.74) is 0.851. The summed E-state index contributed by atoms with van der Waals surface area (Å²) in [6, 6.07) is 5.60. The fourth-order valence-corrected chi connectivity index (χ4v) is 1.54. The maximum absolute atomic E-state index is 9.14. The predicted octanol–water partition coefficient (Wildman–Crippen LogP) is 3.54. The molecule has 3 heteroatoms. The molecule has 0 aromatic heterocycles. The van der Waals surface area contributed by atoms with E-state index in [1.807, 2.05) is 18.2 Å². The highest BCUT2D eigenvalue weighted by atomic mass is 16.5. The van der Waals surface area contributed by atoms with E-state index in [9.17, 15) is 0 Å². The molecule has 0 fully saturated rings. The first-order valence-corrected chi connectivity index (χ1v) is 6.81. The van der Waals surface area contributed by atoms with Crippen LogP contribution in [0, 0.1) is 0 Å². The van der Waals surface area contributed by atoms with E-state index >= 15 is 0 Å². The lowest BCUT2D eigenvalue weighted by Gasteiger charge is -2.13. The zero-order valence-electron chi connectivity index (χ0n) is 11.4. The Hall–Kier alpha value is -1.22. The minimum absolute atomic E-state index is 0.0272. The summed E-state index contributed by atoms with van der Waals surface area (Å²) in [7, 11) is 0. The average Bonchev–Trinajstić information content (AvgIpc) is 2.40. The molecule has 102 valence electrons. The van der Waals surface area contributed by atoms with E-state index in [4.69, 9.17) is 14.6 Å². The number of aliphatic hydroxyl groups excluding tert-OH is 1. The molecule has 1 aromatic carbocycles. The van der Waals surface area contributed by atoms with E-state index in [0.717, 1.165) is 42.7 Å². The van der Waals surface area contributed by atoms with Crippen molar-refractivity contribution in [2.24, 2.45) is 0 Å². The number of benzene rings is 1. The van der Waals surface area contributed by atoms with Crippen LogP contribution in [0.2, 0.25) is 0 Å². The van der Waals surface area contributed by atoms with Crippen LogP contribution in [0.4, 0.5) is 0 Å². The molecule has 0 saturated carbocycles. The van der Waals surface area contributed by atoms with Crippen molar-refractivity contribution < 1.29 is 14.6 Å². The number of hydrogen-bond acceptors (Lipinski definition) is 3. The van der Waals surface area contributed by atoms with Gasteiger partial charge in [0, 0.05) is 0 Å². The van der Waals surface area contributed by atoms with Crippen molar-refractivity contribution in [2.75, 3.05) is 13.2 Å². The van der Waals surface area contributed by atoms with E-state index in [-0.39, 0.29) is 6.61 Å². The van der Waals surface area contributed by atoms with Gasteiger partial charge in [0.15, 0.2) is 11.5 Å². The van der Waals surface area contributed by atoms with Gasteiger partial charge in [0.2, 0.25) is 0 Å². The number of hydrogen-bond donors (Lipinski definition) is 1. The number of unbranched alkanes of at least 4 members (excludes halogenated alkanes) is 2. The van der Waals surface area contributed by atoms with Crippen molar-refractivity contribution >= 4 is 0 Å². The van der Waals surface area contributed by atoms with Gasteiger partial charge in [-0.2, -0.15) is 0 Å². The standard InChI is InChI=1S/C15H24O3/c1-3-5-9-17-14-8-7-13(12-16)11-15(14)18-10-6-4-2/h7-8,11,16H,3-6,9-10,12H2,1-2H3. The Kier molecular flexibility index (Phi) is 7.26. The summed E-state index contributed by atoms with van der Waals surface area (Å²) in [4.78, 5) is 0. The van der Waals surface area contributed by atoms with Crippen molar-refractivity contribution in [3.63, 3.8) is 0 Å². The van der Waals surface area contributed by atoms with E-state index in [1.54, 1.807) is 0 Å². The Morgan fingerprint density at radius 1 is 0.944 bits per heavy atom. The molecule has 1 N–H and O–H groups in total. The van der Waals surface area contributed by atoms with Crippen LogP contribution in [0.1, 0.15) is 45.1 Å². The summed E-state index contributed by atoms with van der Waals surface area (Å²) in [5, 5.41) is 9.14. The molecule has 0 heterocycles. The van der Waals surface area contributed by atoms with Crippen LogP contribution in [0.3, 0.4) is 0 Å². The van der Waals surface area contributed by atoms with E-state index in [1.165, 1.54) is 0 Å². The minimum Gasteiger partial charge on any atom is -0.490 e. The van der Waals surface area contributed by atoms with Gasteiger partial charge >= 0.3 is 0 Å². The Labute approximate surface area is 110 Å². The predicted molar refractivity (Wildman–Crippen MR) is 73.2 cm³/mol. The topological polar surface area (TPSA) is 38.7 Å². The molecule has 3 nitrogen and oxygen atoms in total. The van der Waals surface area contributed by atoms with Crippen molar-refractivity contribution in [3.8, 4) is 11.5 Å². The molecule has 1 rings (SSSR count). The van der Waals surface area contributed by atoms with Gasteiger partial charge in [-0.3, -0.25) is 0 Å². The Bertz CT molecular complexity index is 337.